The minimum atomic E-state index is -0.749. The van der Waals surface area contributed by atoms with Crippen molar-refractivity contribution in [3.8, 4) is 29.4 Å². The van der Waals surface area contributed by atoms with E-state index in [1.807, 2.05) is 0 Å². The van der Waals surface area contributed by atoms with Gasteiger partial charge in [-0.1, -0.05) is 11.8 Å². The summed E-state index contributed by atoms with van der Waals surface area (Å²) in [5, 5.41) is 19.7. The minimum absolute atomic E-state index is 0.0390. The minimum Gasteiger partial charge on any atom is -0.493 e. The Hall–Kier alpha value is -3.30. The van der Waals surface area contributed by atoms with Crippen LogP contribution >= 0.6 is 11.8 Å². The molecular weight excluding hydrogens is 380 g/mol. The number of ether oxygens (including phenoxy) is 3. The summed E-state index contributed by atoms with van der Waals surface area (Å²) in [7, 11) is 4.45. The topological polar surface area (TPSA) is 122 Å². The molecule has 2 aliphatic heterocycles. The lowest BCUT2D eigenvalue weighted by Crippen LogP contribution is -2.36. The van der Waals surface area contributed by atoms with E-state index in [9.17, 15) is 15.3 Å². The summed E-state index contributed by atoms with van der Waals surface area (Å²) < 4.78 is 16.1. The highest BCUT2D eigenvalue weighted by Gasteiger charge is 2.45. The lowest BCUT2D eigenvalue weighted by molar-refractivity contribution is -0.125. The Bertz CT molecular complexity index is 977. The van der Waals surface area contributed by atoms with Gasteiger partial charge in [-0.2, -0.15) is 10.5 Å². The van der Waals surface area contributed by atoms with Crippen LogP contribution < -0.4 is 19.9 Å². The number of hydrogen-bond acceptors (Lipinski definition) is 8. The van der Waals surface area contributed by atoms with Crippen molar-refractivity contribution in [1.29, 1.82) is 10.5 Å². The molecule has 0 radical (unpaired) electrons. The number of methoxy groups -OCH3 is 3. The van der Waals surface area contributed by atoms with Gasteiger partial charge in [-0.15, -0.1) is 0 Å². The largest absolute Gasteiger partial charge is 0.493 e. The number of thioether (sulfide) groups is 1. The fourth-order valence-corrected chi connectivity index (χ4v) is 4.46. The molecule has 2 atom stereocenters. The van der Waals surface area contributed by atoms with Crippen LogP contribution in [0.15, 0.2) is 34.1 Å². The van der Waals surface area contributed by atoms with Crippen LogP contribution in [-0.4, -0.2) is 37.4 Å². The molecule has 0 spiro atoms. The summed E-state index contributed by atoms with van der Waals surface area (Å²) in [5.41, 5.74) is 7.16. The Labute approximate surface area is 166 Å². The maximum Gasteiger partial charge on any atom is 0.246 e. The molecule has 1 fully saturated rings. The van der Waals surface area contributed by atoms with E-state index in [-0.39, 0.29) is 22.9 Å². The fourth-order valence-electron chi connectivity index (χ4n) is 3.34. The normalized spacial score (nSPS) is 21.2. The molecule has 2 heterocycles. The Morgan fingerprint density at radius 2 is 1.64 bits per heavy atom. The molecule has 1 aromatic carbocycles. The molecule has 9 heteroatoms. The lowest BCUT2D eigenvalue weighted by atomic mass is 9.83. The number of fused-ring (bicyclic) bond motifs is 1. The molecule has 3 rings (SSSR count). The van der Waals surface area contributed by atoms with Gasteiger partial charge in [0.2, 0.25) is 11.7 Å². The molecule has 28 heavy (non-hydrogen) atoms. The Morgan fingerprint density at radius 3 is 2.11 bits per heavy atom. The van der Waals surface area contributed by atoms with Gasteiger partial charge in [0.15, 0.2) is 11.5 Å². The third-order valence-corrected chi connectivity index (χ3v) is 5.83. The van der Waals surface area contributed by atoms with E-state index in [2.05, 4.69) is 12.1 Å². The van der Waals surface area contributed by atoms with E-state index < -0.39 is 11.2 Å². The van der Waals surface area contributed by atoms with Crippen molar-refractivity contribution in [1.82, 2.24) is 4.90 Å². The maximum absolute atomic E-state index is 12.5. The first kappa shape index (κ1) is 19.5. The highest BCUT2D eigenvalue weighted by Crippen LogP contribution is 2.50. The number of amides is 1. The quantitative estimate of drug-likeness (QED) is 0.819. The van der Waals surface area contributed by atoms with Crippen LogP contribution in [-0.2, 0) is 4.79 Å². The highest BCUT2D eigenvalue weighted by atomic mass is 32.2. The fraction of sp³-hybridized carbons (Fsp3) is 0.316. The summed E-state index contributed by atoms with van der Waals surface area (Å²) in [4.78, 5) is 13.7. The van der Waals surface area contributed by atoms with E-state index >= 15 is 0 Å². The Kier molecular flexibility index (Phi) is 5.12. The summed E-state index contributed by atoms with van der Waals surface area (Å²) >= 11 is 1.26. The van der Waals surface area contributed by atoms with Crippen molar-refractivity contribution in [3.05, 3.63) is 39.7 Å². The number of nitrogens with zero attached hydrogens (tertiary/aromatic N) is 3. The van der Waals surface area contributed by atoms with Crippen LogP contribution in [0, 0.1) is 22.7 Å². The first-order valence-electron chi connectivity index (χ1n) is 8.27. The van der Waals surface area contributed by atoms with Crippen LogP contribution in [0.5, 0.6) is 17.2 Å². The van der Waals surface area contributed by atoms with Gasteiger partial charge in [-0.3, -0.25) is 9.69 Å². The third kappa shape index (κ3) is 2.72. The second-order valence-electron chi connectivity index (χ2n) is 6.07. The SMILES string of the molecule is COc1cc([C@H]2C(C#N)=C(N)N3C(=O)[C@H](C)SC3=C2C#N)cc(OC)c1OC. The van der Waals surface area contributed by atoms with Crippen molar-refractivity contribution in [2.24, 2.45) is 5.73 Å². The van der Waals surface area contributed by atoms with E-state index in [1.54, 1.807) is 19.1 Å². The lowest BCUT2D eigenvalue weighted by Gasteiger charge is -2.30. The van der Waals surface area contributed by atoms with Gasteiger partial charge in [-0.05, 0) is 24.6 Å². The van der Waals surface area contributed by atoms with Crippen molar-refractivity contribution >= 4 is 17.7 Å². The van der Waals surface area contributed by atoms with Crippen LogP contribution in [0.3, 0.4) is 0 Å². The molecule has 1 aromatic rings. The maximum atomic E-state index is 12.5. The van der Waals surface area contributed by atoms with Gasteiger partial charge in [0.25, 0.3) is 0 Å². The molecule has 0 aromatic heterocycles. The highest BCUT2D eigenvalue weighted by molar-refractivity contribution is 8.04. The molecule has 8 nitrogen and oxygen atoms in total. The van der Waals surface area contributed by atoms with E-state index in [0.717, 1.165) is 0 Å². The van der Waals surface area contributed by atoms with Gasteiger partial charge in [-0.25, -0.2) is 0 Å². The standard InChI is InChI=1S/C19H18N4O4S/c1-9-18(24)23-17(22)11(7-20)15(12(8-21)19(23)28-9)10-5-13(25-2)16(27-4)14(6-10)26-3/h5-6,9,15H,22H2,1-4H3/t9-,15-/m0/s1. The third-order valence-electron chi connectivity index (χ3n) is 4.65. The van der Waals surface area contributed by atoms with Crippen LogP contribution in [0.25, 0.3) is 0 Å². The molecule has 1 amide bonds. The molecule has 1 saturated heterocycles. The number of hydrogen-bond donors (Lipinski definition) is 1. The van der Waals surface area contributed by atoms with Crippen LogP contribution in [0.2, 0.25) is 0 Å². The zero-order valence-electron chi connectivity index (χ0n) is 15.8. The van der Waals surface area contributed by atoms with Crippen molar-refractivity contribution < 1.29 is 19.0 Å². The molecule has 0 bridgehead atoms. The second-order valence-corrected chi connectivity index (χ2v) is 7.40. The molecule has 0 saturated carbocycles. The van der Waals surface area contributed by atoms with Gasteiger partial charge in [0, 0.05) is 0 Å². The van der Waals surface area contributed by atoms with Crippen molar-refractivity contribution in [3.63, 3.8) is 0 Å². The monoisotopic (exact) mass is 398 g/mol. The summed E-state index contributed by atoms with van der Waals surface area (Å²) in [6, 6.07) is 7.59. The van der Waals surface area contributed by atoms with Gasteiger partial charge in [0.1, 0.15) is 5.82 Å². The van der Waals surface area contributed by atoms with E-state index in [0.29, 0.717) is 27.8 Å². The van der Waals surface area contributed by atoms with Gasteiger partial charge >= 0.3 is 0 Å². The molecule has 0 aliphatic carbocycles. The number of carbonyl (C=O) groups excluding carboxylic acids is 1. The van der Waals surface area contributed by atoms with Gasteiger partial charge in [0.05, 0.1) is 60.8 Å². The van der Waals surface area contributed by atoms with E-state index in [1.165, 1.54) is 38.0 Å². The van der Waals surface area contributed by atoms with Crippen molar-refractivity contribution in [2.75, 3.05) is 21.3 Å². The average molecular weight is 398 g/mol. The molecule has 0 unspecified atom stereocenters. The summed E-state index contributed by atoms with van der Waals surface area (Å²) in [6.45, 7) is 1.74. The molecule has 2 aliphatic rings. The number of benzene rings is 1. The van der Waals surface area contributed by atoms with Crippen LogP contribution in [0.1, 0.15) is 18.4 Å². The Balaban J connectivity index is 2.29. The average Bonchev–Trinajstić information content (AvgIpc) is 3.01. The smallest absolute Gasteiger partial charge is 0.246 e. The van der Waals surface area contributed by atoms with E-state index in [4.69, 9.17) is 19.9 Å². The molecular formula is C19H18N4O4S. The number of nitriles is 2. The number of allylic oxidation sites excluding steroid dienone is 2. The summed E-state index contributed by atoms with van der Waals surface area (Å²) in [5.74, 6) is 0.216. The predicted octanol–water partition coefficient (Wildman–Crippen LogP) is 2.20. The second kappa shape index (κ2) is 7.37. The zero-order chi connectivity index (χ0) is 20.6. The van der Waals surface area contributed by atoms with Crippen molar-refractivity contribution in [2.45, 2.75) is 18.1 Å². The first-order chi connectivity index (χ1) is 13.4. The number of nitrogens with two attached hydrogens (primary N) is 1. The van der Waals surface area contributed by atoms with Gasteiger partial charge < -0.3 is 19.9 Å². The zero-order valence-corrected chi connectivity index (χ0v) is 16.6. The molecule has 2 N–H and O–H groups in total. The first-order valence-corrected chi connectivity index (χ1v) is 9.15. The number of carbonyl (C=O) groups is 1. The predicted molar refractivity (Wildman–Crippen MR) is 102 cm³/mol. The number of rotatable bonds is 4. The summed E-state index contributed by atoms with van der Waals surface area (Å²) in [6.07, 6.45) is 0. The van der Waals surface area contributed by atoms with Crippen LogP contribution in [0.4, 0.5) is 0 Å². The molecule has 144 valence electrons. The Morgan fingerprint density at radius 1 is 1.07 bits per heavy atom.